The third-order valence-electron chi connectivity index (χ3n) is 2.02. The van der Waals surface area contributed by atoms with E-state index in [1.165, 1.54) is 6.07 Å². The summed E-state index contributed by atoms with van der Waals surface area (Å²) in [5.74, 6) is -0.911. The first kappa shape index (κ1) is 13.4. The highest BCUT2D eigenvalue weighted by atomic mass is 79.9. The molecule has 0 aliphatic rings. The third kappa shape index (κ3) is 2.95. The van der Waals surface area contributed by atoms with Gasteiger partial charge in [-0.3, -0.25) is 0 Å². The summed E-state index contributed by atoms with van der Waals surface area (Å²) in [5, 5.41) is 19.4. The fourth-order valence-corrected chi connectivity index (χ4v) is 1.95. The maximum atomic E-state index is 11.0. The number of aliphatic hydroxyl groups is 2. The van der Waals surface area contributed by atoms with Crippen LogP contribution < -0.4 is 0 Å². The molecule has 2 unspecified atom stereocenters. The average molecular weight is 310 g/mol. The molecular weight excluding hydrogens is 299 g/mol. The minimum absolute atomic E-state index is 0.254. The van der Waals surface area contributed by atoms with Gasteiger partial charge < -0.3 is 14.9 Å². The zero-order chi connectivity index (χ0) is 12.3. The molecule has 1 aromatic rings. The number of esters is 1. The van der Waals surface area contributed by atoms with Gasteiger partial charge in [-0.15, -0.1) is 0 Å². The zero-order valence-electron chi connectivity index (χ0n) is 8.35. The second-order valence-electron chi connectivity index (χ2n) is 3.08. The summed E-state index contributed by atoms with van der Waals surface area (Å²) in [6, 6.07) is 4.72. The Balaban J connectivity index is 2.96. The van der Waals surface area contributed by atoms with Crippen molar-refractivity contribution >= 4 is 33.5 Å². The molecule has 2 atom stereocenters. The summed E-state index contributed by atoms with van der Waals surface area (Å²) in [7, 11) is 1.13. The van der Waals surface area contributed by atoms with Crippen LogP contribution in [0.1, 0.15) is 11.7 Å². The van der Waals surface area contributed by atoms with Crippen LogP contribution in [-0.4, -0.2) is 29.4 Å². The van der Waals surface area contributed by atoms with Crippen molar-refractivity contribution in [3.05, 3.63) is 33.3 Å². The Morgan fingerprint density at radius 3 is 2.62 bits per heavy atom. The number of rotatable bonds is 3. The molecule has 0 heterocycles. The van der Waals surface area contributed by atoms with Crippen molar-refractivity contribution in [2.45, 2.75) is 12.2 Å². The molecule has 0 spiro atoms. The first-order valence-corrected chi connectivity index (χ1v) is 5.53. The normalized spacial score (nSPS) is 14.3. The molecule has 0 radical (unpaired) electrons. The first-order chi connectivity index (χ1) is 7.47. The number of benzene rings is 1. The van der Waals surface area contributed by atoms with Gasteiger partial charge in [0.05, 0.1) is 7.11 Å². The van der Waals surface area contributed by atoms with Gasteiger partial charge in [-0.25, -0.2) is 4.79 Å². The summed E-state index contributed by atoms with van der Waals surface area (Å²) in [4.78, 5) is 11.0. The highest BCUT2D eigenvalue weighted by molar-refractivity contribution is 9.10. The van der Waals surface area contributed by atoms with E-state index in [1.54, 1.807) is 12.1 Å². The van der Waals surface area contributed by atoms with Crippen molar-refractivity contribution in [3.63, 3.8) is 0 Å². The predicted octanol–water partition coefficient (Wildman–Crippen LogP) is 1.67. The smallest absolute Gasteiger partial charge is 0.337 e. The Morgan fingerprint density at radius 2 is 2.12 bits per heavy atom. The molecule has 0 aromatic heterocycles. The fourth-order valence-electron chi connectivity index (χ4n) is 1.16. The average Bonchev–Trinajstić information content (AvgIpc) is 2.26. The molecule has 0 aliphatic heterocycles. The number of hydrogen-bond donors (Lipinski definition) is 2. The Labute approximate surface area is 106 Å². The Hall–Kier alpha value is -0.620. The van der Waals surface area contributed by atoms with E-state index in [0.29, 0.717) is 0 Å². The van der Waals surface area contributed by atoms with E-state index in [0.717, 1.165) is 11.6 Å². The van der Waals surface area contributed by atoms with Gasteiger partial charge in [0.15, 0.2) is 6.10 Å². The van der Waals surface area contributed by atoms with Crippen LogP contribution >= 0.6 is 27.5 Å². The van der Waals surface area contributed by atoms with Crippen molar-refractivity contribution in [1.29, 1.82) is 0 Å². The number of hydrogen-bond acceptors (Lipinski definition) is 4. The lowest BCUT2D eigenvalue weighted by Gasteiger charge is -2.17. The van der Waals surface area contributed by atoms with E-state index >= 15 is 0 Å². The quantitative estimate of drug-likeness (QED) is 0.834. The summed E-state index contributed by atoms with van der Waals surface area (Å²) in [5.41, 5.74) is 0.266. The molecule has 0 saturated heterocycles. The lowest BCUT2D eigenvalue weighted by Crippen LogP contribution is -2.29. The molecule has 0 saturated carbocycles. The van der Waals surface area contributed by atoms with E-state index in [2.05, 4.69) is 20.7 Å². The molecular formula is C10H10BrClO4. The second kappa shape index (κ2) is 5.63. The maximum Gasteiger partial charge on any atom is 0.337 e. The van der Waals surface area contributed by atoms with Gasteiger partial charge in [-0.05, 0) is 12.1 Å². The standard InChI is InChI=1S/C10H10BrClO4/c1-16-10(15)9(14)8(13)6-3-2-5(11)4-7(6)12/h2-4,8-9,13-14H,1H3. The van der Waals surface area contributed by atoms with E-state index in [-0.39, 0.29) is 10.6 Å². The van der Waals surface area contributed by atoms with Crippen molar-refractivity contribution < 1.29 is 19.7 Å². The van der Waals surface area contributed by atoms with E-state index in [4.69, 9.17) is 11.6 Å². The van der Waals surface area contributed by atoms with Gasteiger partial charge in [0.25, 0.3) is 0 Å². The summed E-state index contributed by atoms with van der Waals surface area (Å²) in [6.07, 6.45) is -3.06. The number of ether oxygens (including phenoxy) is 1. The zero-order valence-corrected chi connectivity index (χ0v) is 10.7. The SMILES string of the molecule is COC(=O)C(O)C(O)c1ccc(Br)cc1Cl. The van der Waals surface area contributed by atoms with Crippen LogP contribution in [-0.2, 0) is 9.53 Å². The van der Waals surface area contributed by atoms with Crippen molar-refractivity contribution in [1.82, 2.24) is 0 Å². The molecule has 88 valence electrons. The molecule has 4 nitrogen and oxygen atoms in total. The van der Waals surface area contributed by atoms with E-state index in [9.17, 15) is 15.0 Å². The number of methoxy groups -OCH3 is 1. The minimum atomic E-state index is -1.65. The van der Waals surface area contributed by atoms with Gasteiger partial charge in [-0.2, -0.15) is 0 Å². The van der Waals surface area contributed by atoms with E-state index in [1.807, 2.05) is 0 Å². The summed E-state index contributed by atoms with van der Waals surface area (Å²) < 4.78 is 5.05. The number of halogens is 2. The highest BCUT2D eigenvalue weighted by Gasteiger charge is 2.27. The van der Waals surface area contributed by atoms with Gasteiger partial charge in [0, 0.05) is 15.1 Å². The van der Waals surface area contributed by atoms with Crippen LogP contribution in [0.15, 0.2) is 22.7 Å². The largest absolute Gasteiger partial charge is 0.467 e. The maximum absolute atomic E-state index is 11.0. The Kier molecular flexibility index (Phi) is 4.73. The summed E-state index contributed by atoms with van der Waals surface area (Å²) in [6.45, 7) is 0. The van der Waals surface area contributed by atoms with Crippen LogP contribution in [0.4, 0.5) is 0 Å². The monoisotopic (exact) mass is 308 g/mol. The number of carbonyl (C=O) groups excluding carboxylic acids is 1. The molecule has 0 amide bonds. The topological polar surface area (TPSA) is 66.8 Å². The molecule has 16 heavy (non-hydrogen) atoms. The van der Waals surface area contributed by atoms with Gasteiger partial charge in [0.2, 0.25) is 0 Å². The van der Waals surface area contributed by atoms with Crippen molar-refractivity contribution in [2.75, 3.05) is 7.11 Å². The predicted molar refractivity (Wildman–Crippen MR) is 62.1 cm³/mol. The van der Waals surface area contributed by atoms with E-state index < -0.39 is 18.2 Å². The lowest BCUT2D eigenvalue weighted by atomic mass is 10.0. The van der Waals surface area contributed by atoms with Crippen molar-refractivity contribution in [3.8, 4) is 0 Å². The highest BCUT2D eigenvalue weighted by Crippen LogP contribution is 2.28. The second-order valence-corrected chi connectivity index (χ2v) is 4.40. The Morgan fingerprint density at radius 1 is 1.50 bits per heavy atom. The first-order valence-electron chi connectivity index (χ1n) is 4.36. The molecule has 0 bridgehead atoms. The number of aliphatic hydroxyl groups excluding tert-OH is 2. The van der Waals surface area contributed by atoms with Gasteiger partial charge in [0.1, 0.15) is 6.10 Å². The van der Waals surface area contributed by atoms with Crippen LogP contribution in [0.5, 0.6) is 0 Å². The number of carbonyl (C=O) groups is 1. The van der Waals surface area contributed by atoms with Crippen LogP contribution in [0, 0.1) is 0 Å². The third-order valence-corrected chi connectivity index (χ3v) is 2.84. The Bertz CT molecular complexity index is 396. The molecule has 1 aromatic carbocycles. The molecule has 6 heteroatoms. The van der Waals surface area contributed by atoms with Gasteiger partial charge in [-0.1, -0.05) is 33.6 Å². The van der Waals surface area contributed by atoms with Crippen LogP contribution in [0.25, 0.3) is 0 Å². The molecule has 0 aliphatic carbocycles. The summed E-state index contributed by atoms with van der Waals surface area (Å²) >= 11 is 9.07. The molecule has 2 N–H and O–H groups in total. The molecule has 0 fully saturated rings. The lowest BCUT2D eigenvalue weighted by molar-refractivity contribution is -0.156. The van der Waals surface area contributed by atoms with Crippen LogP contribution in [0.2, 0.25) is 5.02 Å². The fraction of sp³-hybridized carbons (Fsp3) is 0.300. The molecule has 1 rings (SSSR count). The van der Waals surface area contributed by atoms with Gasteiger partial charge >= 0.3 is 5.97 Å². The van der Waals surface area contributed by atoms with Crippen molar-refractivity contribution in [2.24, 2.45) is 0 Å². The minimum Gasteiger partial charge on any atom is -0.467 e. The van der Waals surface area contributed by atoms with Crippen LogP contribution in [0.3, 0.4) is 0 Å².